The SMILES string of the molecule is COc1ccccc1Cc1noc(C2COCCC2N)n1. The maximum absolute atomic E-state index is 6.09. The van der Waals surface area contributed by atoms with E-state index in [2.05, 4.69) is 10.1 Å². The summed E-state index contributed by atoms with van der Waals surface area (Å²) < 4.78 is 16.1. The van der Waals surface area contributed by atoms with E-state index in [-0.39, 0.29) is 12.0 Å². The Hall–Kier alpha value is -1.92. The number of nitrogens with zero attached hydrogens (tertiary/aromatic N) is 2. The van der Waals surface area contributed by atoms with E-state index in [1.165, 1.54) is 0 Å². The quantitative estimate of drug-likeness (QED) is 0.918. The third kappa shape index (κ3) is 3.06. The highest BCUT2D eigenvalue weighted by Gasteiger charge is 2.29. The van der Waals surface area contributed by atoms with Crippen molar-refractivity contribution in [2.75, 3.05) is 20.3 Å². The summed E-state index contributed by atoms with van der Waals surface area (Å²) in [5, 5.41) is 4.04. The molecule has 0 spiro atoms. The van der Waals surface area contributed by atoms with Crippen LogP contribution in [0.3, 0.4) is 0 Å². The second-order valence-corrected chi connectivity index (χ2v) is 5.17. The average Bonchev–Trinajstić information content (AvgIpc) is 2.96. The Balaban J connectivity index is 1.76. The highest BCUT2D eigenvalue weighted by molar-refractivity contribution is 5.35. The van der Waals surface area contributed by atoms with Gasteiger partial charge in [-0.25, -0.2) is 0 Å². The first-order valence-corrected chi connectivity index (χ1v) is 7.05. The summed E-state index contributed by atoms with van der Waals surface area (Å²) in [5.74, 6) is 2.00. The van der Waals surface area contributed by atoms with Crippen LogP contribution in [0.15, 0.2) is 28.8 Å². The zero-order chi connectivity index (χ0) is 14.7. The van der Waals surface area contributed by atoms with Gasteiger partial charge in [-0.15, -0.1) is 0 Å². The first-order valence-electron chi connectivity index (χ1n) is 7.05. The molecule has 6 heteroatoms. The van der Waals surface area contributed by atoms with Crippen molar-refractivity contribution in [3.63, 3.8) is 0 Å². The molecule has 112 valence electrons. The lowest BCUT2D eigenvalue weighted by Gasteiger charge is -2.25. The molecule has 0 saturated carbocycles. The molecule has 3 rings (SSSR count). The molecule has 1 aliphatic heterocycles. The fourth-order valence-electron chi connectivity index (χ4n) is 2.52. The van der Waals surface area contributed by atoms with Gasteiger partial charge in [-0.1, -0.05) is 23.4 Å². The Morgan fingerprint density at radius 3 is 3.05 bits per heavy atom. The Kier molecular flexibility index (Phi) is 4.17. The van der Waals surface area contributed by atoms with E-state index >= 15 is 0 Å². The van der Waals surface area contributed by atoms with Crippen LogP contribution >= 0.6 is 0 Å². The molecular formula is C15H19N3O3. The first-order chi connectivity index (χ1) is 10.3. The largest absolute Gasteiger partial charge is 0.496 e. The van der Waals surface area contributed by atoms with Crippen molar-refractivity contribution in [2.24, 2.45) is 5.73 Å². The van der Waals surface area contributed by atoms with Crippen molar-refractivity contribution in [1.29, 1.82) is 0 Å². The van der Waals surface area contributed by atoms with Crippen LogP contribution in [0.2, 0.25) is 0 Å². The monoisotopic (exact) mass is 289 g/mol. The summed E-state index contributed by atoms with van der Waals surface area (Å²) in [4.78, 5) is 4.46. The van der Waals surface area contributed by atoms with E-state index in [0.29, 0.717) is 31.3 Å². The van der Waals surface area contributed by atoms with Gasteiger partial charge in [-0.2, -0.15) is 4.98 Å². The Labute approximate surface area is 123 Å². The predicted octanol–water partition coefficient (Wildman–Crippen LogP) is 1.50. The fourth-order valence-corrected chi connectivity index (χ4v) is 2.52. The van der Waals surface area contributed by atoms with Crippen molar-refractivity contribution in [3.8, 4) is 5.75 Å². The summed E-state index contributed by atoms with van der Waals surface area (Å²) in [6.45, 7) is 1.23. The van der Waals surface area contributed by atoms with E-state index in [9.17, 15) is 0 Å². The predicted molar refractivity (Wildman–Crippen MR) is 76.3 cm³/mol. The molecule has 0 aliphatic carbocycles. The Morgan fingerprint density at radius 1 is 1.38 bits per heavy atom. The van der Waals surface area contributed by atoms with Gasteiger partial charge in [-0.05, 0) is 12.5 Å². The van der Waals surface area contributed by atoms with Crippen LogP contribution in [-0.4, -0.2) is 36.5 Å². The lowest BCUT2D eigenvalue weighted by molar-refractivity contribution is 0.0590. The van der Waals surface area contributed by atoms with Crippen molar-refractivity contribution in [2.45, 2.75) is 24.8 Å². The number of methoxy groups -OCH3 is 1. The molecule has 1 aromatic carbocycles. The molecule has 21 heavy (non-hydrogen) atoms. The number of hydrogen-bond donors (Lipinski definition) is 1. The van der Waals surface area contributed by atoms with Gasteiger partial charge in [0.05, 0.1) is 19.6 Å². The van der Waals surface area contributed by atoms with Crippen molar-refractivity contribution < 1.29 is 14.0 Å². The second-order valence-electron chi connectivity index (χ2n) is 5.17. The number of benzene rings is 1. The molecule has 2 atom stereocenters. The van der Waals surface area contributed by atoms with Gasteiger partial charge < -0.3 is 19.7 Å². The molecule has 2 heterocycles. The molecule has 6 nitrogen and oxygen atoms in total. The normalized spacial score (nSPS) is 22.2. The van der Waals surface area contributed by atoms with Crippen LogP contribution in [0.5, 0.6) is 5.75 Å². The standard InChI is InChI=1S/C15H19N3O3/c1-19-13-5-3-2-4-10(13)8-14-17-15(21-18-14)11-9-20-7-6-12(11)16/h2-5,11-12H,6-9,16H2,1H3. The highest BCUT2D eigenvalue weighted by Crippen LogP contribution is 2.25. The number of hydrogen-bond acceptors (Lipinski definition) is 6. The summed E-state index contributed by atoms with van der Waals surface area (Å²) >= 11 is 0. The maximum atomic E-state index is 6.09. The second kappa shape index (κ2) is 6.24. The summed E-state index contributed by atoms with van der Waals surface area (Å²) in [6, 6.07) is 7.82. The van der Waals surface area contributed by atoms with Crippen molar-refractivity contribution in [3.05, 3.63) is 41.5 Å². The van der Waals surface area contributed by atoms with E-state index in [1.807, 2.05) is 24.3 Å². The van der Waals surface area contributed by atoms with Gasteiger partial charge in [0.1, 0.15) is 5.75 Å². The van der Waals surface area contributed by atoms with Crippen LogP contribution in [0.4, 0.5) is 0 Å². The molecular weight excluding hydrogens is 270 g/mol. The van der Waals surface area contributed by atoms with Gasteiger partial charge in [0.2, 0.25) is 5.89 Å². The van der Waals surface area contributed by atoms with Crippen LogP contribution in [0.25, 0.3) is 0 Å². The van der Waals surface area contributed by atoms with Gasteiger partial charge in [-0.3, -0.25) is 0 Å². The van der Waals surface area contributed by atoms with E-state index in [0.717, 1.165) is 17.7 Å². The Morgan fingerprint density at radius 2 is 2.24 bits per heavy atom. The van der Waals surface area contributed by atoms with E-state index in [1.54, 1.807) is 7.11 Å². The summed E-state index contributed by atoms with van der Waals surface area (Å²) in [7, 11) is 1.65. The zero-order valence-corrected chi connectivity index (χ0v) is 12.0. The molecule has 0 bridgehead atoms. The average molecular weight is 289 g/mol. The van der Waals surface area contributed by atoms with Crippen molar-refractivity contribution in [1.82, 2.24) is 10.1 Å². The molecule has 1 aromatic heterocycles. The van der Waals surface area contributed by atoms with Crippen molar-refractivity contribution >= 4 is 0 Å². The lowest BCUT2D eigenvalue weighted by atomic mass is 9.97. The fraction of sp³-hybridized carbons (Fsp3) is 0.467. The van der Waals surface area contributed by atoms with E-state index in [4.69, 9.17) is 19.7 Å². The third-order valence-electron chi connectivity index (χ3n) is 3.75. The van der Waals surface area contributed by atoms with Crippen LogP contribution in [0, 0.1) is 0 Å². The summed E-state index contributed by atoms with van der Waals surface area (Å²) in [6.07, 6.45) is 1.38. The molecule has 1 fully saturated rings. The van der Waals surface area contributed by atoms with Crippen LogP contribution in [-0.2, 0) is 11.2 Å². The Bertz CT molecular complexity index is 599. The topological polar surface area (TPSA) is 83.4 Å². The first kappa shape index (κ1) is 14.0. The van der Waals surface area contributed by atoms with Gasteiger partial charge in [0.25, 0.3) is 0 Å². The number of aromatic nitrogens is 2. The third-order valence-corrected chi connectivity index (χ3v) is 3.75. The number of ether oxygens (including phenoxy) is 2. The van der Waals surface area contributed by atoms with Gasteiger partial charge in [0.15, 0.2) is 5.82 Å². The molecule has 2 aromatic rings. The number of para-hydroxylation sites is 1. The smallest absolute Gasteiger partial charge is 0.233 e. The number of rotatable bonds is 4. The molecule has 0 radical (unpaired) electrons. The minimum absolute atomic E-state index is 0.0123. The minimum atomic E-state index is -0.0160. The zero-order valence-electron chi connectivity index (χ0n) is 12.0. The lowest BCUT2D eigenvalue weighted by Crippen LogP contribution is -2.37. The van der Waals surface area contributed by atoms with Crippen LogP contribution in [0.1, 0.15) is 29.6 Å². The maximum Gasteiger partial charge on any atom is 0.233 e. The molecule has 2 N–H and O–H groups in total. The molecule has 0 amide bonds. The highest BCUT2D eigenvalue weighted by atomic mass is 16.5. The van der Waals surface area contributed by atoms with E-state index < -0.39 is 0 Å². The molecule has 1 saturated heterocycles. The number of nitrogens with two attached hydrogens (primary N) is 1. The minimum Gasteiger partial charge on any atom is -0.496 e. The summed E-state index contributed by atoms with van der Waals surface area (Å²) in [5.41, 5.74) is 7.12. The molecule has 1 aliphatic rings. The van der Waals surface area contributed by atoms with Gasteiger partial charge in [0, 0.05) is 24.6 Å². The molecule has 2 unspecified atom stereocenters. The van der Waals surface area contributed by atoms with Crippen LogP contribution < -0.4 is 10.5 Å². The van der Waals surface area contributed by atoms with Gasteiger partial charge >= 0.3 is 0 Å².